The highest BCUT2D eigenvalue weighted by atomic mass is 35.5. The predicted octanol–water partition coefficient (Wildman–Crippen LogP) is 4.03. The number of halogens is 1. The summed E-state index contributed by atoms with van der Waals surface area (Å²) >= 11 is 5.99. The van der Waals surface area contributed by atoms with Gasteiger partial charge in [-0.1, -0.05) is 23.7 Å². The van der Waals surface area contributed by atoms with Crippen LogP contribution in [0.15, 0.2) is 53.3 Å². The lowest BCUT2D eigenvalue weighted by Gasteiger charge is -2.07. The number of nitrogens with one attached hydrogen (secondary N) is 1. The minimum absolute atomic E-state index is 0.167. The fourth-order valence-corrected chi connectivity index (χ4v) is 2.59. The third-order valence-electron chi connectivity index (χ3n) is 3.48. The van der Waals surface area contributed by atoms with E-state index in [-0.39, 0.29) is 5.43 Å². The van der Waals surface area contributed by atoms with E-state index in [4.69, 9.17) is 16.3 Å². The number of esters is 1. The van der Waals surface area contributed by atoms with Crippen LogP contribution in [0.4, 0.5) is 0 Å². The summed E-state index contributed by atoms with van der Waals surface area (Å²) in [5, 5.41) is 1.04. The molecule has 1 heterocycles. The molecular weight excluding hydrogens is 314 g/mol. The normalized spacial score (nSPS) is 10.7. The maximum Gasteiger partial charge on any atom is 0.338 e. The Kier molecular flexibility index (Phi) is 4.17. The standard InChI is InChI=1S/C18H14ClNO3/c1-2-23-18(22)12-6-7-15-14(9-12)17(21)10-16(20-15)11-4-3-5-13(19)8-11/h3-10H,2H2,1H3,(H,20,21). The molecule has 0 bridgehead atoms. The number of fused-ring (bicyclic) bond motifs is 1. The van der Waals surface area contributed by atoms with Crippen molar-refractivity contribution >= 4 is 28.5 Å². The van der Waals surface area contributed by atoms with Crippen molar-refractivity contribution in [2.45, 2.75) is 6.92 Å². The summed E-state index contributed by atoms with van der Waals surface area (Å²) in [7, 11) is 0. The van der Waals surface area contributed by atoms with Crippen molar-refractivity contribution in [3.05, 3.63) is 69.3 Å². The van der Waals surface area contributed by atoms with Gasteiger partial charge in [-0.3, -0.25) is 4.79 Å². The smallest absolute Gasteiger partial charge is 0.338 e. The van der Waals surface area contributed by atoms with Gasteiger partial charge in [0.15, 0.2) is 5.43 Å². The Hall–Kier alpha value is -2.59. The first-order valence-electron chi connectivity index (χ1n) is 7.18. The van der Waals surface area contributed by atoms with Gasteiger partial charge in [-0.25, -0.2) is 4.79 Å². The van der Waals surface area contributed by atoms with E-state index in [2.05, 4.69) is 4.98 Å². The molecule has 2 aromatic carbocycles. The Labute approximate surface area is 137 Å². The topological polar surface area (TPSA) is 59.2 Å². The lowest BCUT2D eigenvalue weighted by Crippen LogP contribution is -2.08. The molecule has 1 N–H and O–H groups in total. The van der Waals surface area contributed by atoms with Crippen LogP contribution in [-0.2, 0) is 4.74 Å². The molecule has 0 saturated carbocycles. The van der Waals surface area contributed by atoms with Crippen LogP contribution >= 0.6 is 11.6 Å². The highest BCUT2D eigenvalue weighted by molar-refractivity contribution is 6.30. The fraction of sp³-hybridized carbons (Fsp3) is 0.111. The molecule has 116 valence electrons. The average molecular weight is 328 g/mol. The van der Waals surface area contributed by atoms with Gasteiger partial charge < -0.3 is 9.72 Å². The lowest BCUT2D eigenvalue weighted by molar-refractivity contribution is 0.0526. The maximum absolute atomic E-state index is 12.4. The summed E-state index contributed by atoms with van der Waals surface area (Å²) in [6, 6.07) is 13.6. The summed E-state index contributed by atoms with van der Waals surface area (Å²) < 4.78 is 4.96. The van der Waals surface area contributed by atoms with Crippen LogP contribution in [0.25, 0.3) is 22.2 Å². The minimum Gasteiger partial charge on any atom is -0.462 e. The van der Waals surface area contributed by atoms with Gasteiger partial charge in [0, 0.05) is 27.7 Å². The Morgan fingerprint density at radius 1 is 1.17 bits per heavy atom. The summed E-state index contributed by atoms with van der Waals surface area (Å²) in [4.78, 5) is 27.4. The van der Waals surface area contributed by atoms with Crippen LogP contribution in [0.1, 0.15) is 17.3 Å². The second-order valence-electron chi connectivity index (χ2n) is 5.04. The quantitative estimate of drug-likeness (QED) is 0.739. The van der Waals surface area contributed by atoms with Gasteiger partial charge in [-0.2, -0.15) is 0 Å². The molecule has 0 aliphatic carbocycles. The van der Waals surface area contributed by atoms with Crippen molar-refractivity contribution in [2.24, 2.45) is 0 Å². The summed E-state index contributed by atoms with van der Waals surface area (Å²) in [5.74, 6) is -0.437. The number of aromatic nitrogens is 1. The molecule has 0 radical (unpaired) electrons. The van der Waals surface area contributed by atoms with E-state index in [1.54, 1.807) is 37.3 Å². The molecule has 0 fully saturated rings. The Morgan fingerprint density at radius 2 is 2.00 bits per heavy atom. The van der Waals surface area contributed by atoms with Crippen molar-refractivity contribution in [1.29, 1.82) is 0 Å². The fourth-order valence-electron chi connectivity index (χ4n) is 2.40. The van der Waals surface area contributed by atoms with E-state index >= 15 is 0 Å². The van der Waals surface area contributed by atoms with Crippen molar-refractivity contribution in [3.63, 3.8) is 0 Å². The maximum atomic E-state index is 12.4. The number of aromatic amines is 1. The van der Waals surface area contributed by atoms with Gasteiger partial charge in [-0.15, -0.1) is 0 Å². The zero-order valence-corrected chi connectivity index (χ0v) is 13.2. The van der Waals surface area contributed by atoms with Gasteiger partial charge in [-0.05, 0) is 42.8 Å². The number of rotatable bonds is 3. The molecule has 5 heteroatoms. The minimum atomic E-state index is -0.437. The first-order valence-corrected chi connectivity index (χ1v) is 7.56. The molecule has 0 saturated heterocycles. The number of carbonyl (C=O) groups is 1. The van der Waals surface area contributed by atoms with E-state index in [0.717, 1.165) is 5.56 Å². The molecule has 3 aromatic rings. The lowest BCUT2D eigenvalue weighted by atomic mass is 10.1. The highest BCUT2D eigenvalue weighted by Gasteiger charge is 2.10. The predicted molar refractivity (Wildman–Crippen MR) is 91.0 cm³/mol. The zero-order chi connectivity index (χ0) is 16.4. The van der Waals surface area contributed by atoms with Crippen LogP contribution in [0.2, 0.25) is 5.02 Å². The van der Waals surface area contributed by atoms with E-state index in [9.17, 15) is 9.59 Å². The summed E-state index contributed by atoms with van der Waals surface area (Å²) in [5.41, 5.74) is 2.35. The molecule has 1 aromatic heterocycles. The molecule has 23 heavy (non-hydrogen) atoms. The number of benzene rings is 2. The first kappa shape index (κ1) is 15.3. The molecular formula is C18H14ClNO3. The van der Waals surface area contributed by atoms with E-state index in [1.807, 2.05) is 12.1 Å². The van der Waals surface area contributed by atoms with Crippen molar-refractivity contribution in [2.75, 3.05) is 6.61 Å². The monoisotopic (exact) mass is 327 g/mol. The number of carbonyl (C=O) groups excluding carboxylic acids is 1. The van der Waals surface area contributed by atoms with E-state index in [1.165, 1.54) is 6.07 Å². The van der Waals surface area contributed by atoms with Gasteiger partial charge >= 0.3 is 5.97 Å². The highest BCUT2D eigenvalue weighted by Crippen LogP contribution is 2.22. The molecule has 3 rings (SSSR count). The van der Waals surface area contributed by atoms with Crippen molar-refractivity contribution in [1.82, 2.24) is 4.98 Å². The van der Waals surface area contributed by atoms with Crippen LogP contribution < -0.4 is 5.43 Å². The second-order valence-corrected chi connectivity index (χ2v) is 5.47. The van der Waals surface area contributed by atoms with Crippen LogP contribution in [-0.4, -0.2) is 17.6 Å². The number of H-pyrrole nitrogens is 1. The summed E-state index contributed by atoms with van der Waals surface area (Å²) in [6.07, 6.45) is 0. The molecule has 0 unspecified atom stereocenters. The number of ether oxygens (including phenoxy) is 1. The van der Waals surface area contributed by atoms with Crippen LogP contribution in [0.5, 0.6) is 0 Å². The molecule has 0 amide bonds. The Balaban J connectivity index is 2.11. The Morgan fingerprint density at radius 3 is 2.74 bits per heavy atom. The van der Waals surface area contributed by atoms with Gasteiger partial charge in [0.1, 0.15) is 0 Å². The zero-order valence-electron chi connectivity index (χ0n) is 12.4. The van der Waals surface area contributed by atoms with Crippen LogP contribution in [0, 0.1) is 0 Å². The Bertz CT molecular complexity index is 946. The van der Waals surface area contributed by atoms with E-state index in [0.29, 0.717) is 33.8 Å². The molecule has 0 atom stereocenters. The number of hydrogen-bond donors (Lipinski definition) is 1. The summed E-state index contributed by atoms with van der Waals surface area (Å²) in [6.45, 7) is 2.03. The van der Waals surface area contributed by atoms with Crippen molar-refractivity contribution < 1.29 is 9.53 Å². The SMILES string of the molecule is CCOC(=O)c1ccc2[nH]c(-c3cccc(Cl)c3)cc(=O)c2c1. The third-order valence-corrected chi connectivity index (χ3v) is 3.71. The average Bonchev–Trinajstić information content (AvgIpc) is 2.54. The van der Waals surface area contributed by atoms with E-state index < -0.39 is 5.97 Å². The van der Waals surface area contributed by atoms with Gasteiger partial charge in [0.2, 0.25) is 0 Å². The van der Waals surface area contributed by atoms with Gasteiger partial charge in [0.05, 0.1) is 12.2 Å². The largest absolute Gasteiger partial charge is 0.462 e. The number of pyridine rings is 1. The van der Waals surface area contributed by atoms with Crippen LogP contribution in [0.3, 0.4) is 0 Å². The first-order chi connectivity index (χ1) is 11.1. The number of hydrogen-bond acceptors (Lipinski definition) is 3. The second kappa shape index (κ2) is 6.26. The molecule has 0 aliphatic heterocycles. The third kappa shape index (κ3) is 3.12. The molecule has 4 nitrogen and oxygen atoms in total. The molecule has 0 aliphatic rings. The van der Waals surface area contributed by atoms with Crippen molar-refractivity contribution in [3.8, 4) is 11.3 Å². The van der Waals surface area contributed by atoms with Gasteiger partial charge in [0.25, 0.3) is 0 Å². The molecule has 0 spiro atoms.